The molecule has 2 nitrogen and oxygen atoms in total. The molecule has 0 aromatic heterocycles. The molecule has 0 bridgehead atoms. The third-order valence-corrected chi connectivity index (χ3v) is 20.5. The number of aryl methyl sites for hydroxylation is 1. The fourth-order valence-corrected chi connectivity index (χ4v) is 18.3. The average Bonchev–Trinajstić information content (AvgIpc) is 3.16. The lowest BCUT2D eigenvalue weighted by Gasteiger charge is -2.53. The van der Waals surface area contributed by atoms with Gasteiger partial charge in [0.25, 0.3) is 0 Å². The summed E-state index contributed by atoms with van der Waals surface area (Å²) in [7, 11) is -4.73. The molecule has 236 valence electrons. The van der Waals surface area contributed by atoms with Crippen molar-refractivity contribution in [3.8, 4) is 11.1 Å². The Morgan fingerprint density at radius 3 is 1.82 bits per heavy atom. The molecule has 0 saturated heterocycles. The lowest BCUT2D eigenvalue weighted by atomic mass is 9.43. The quantitative estimate of drug-likeness (QED) is 0.224. The van der Waals surface area contributed by atoms with Gasteiger partial charge in [-0.1, -0.05) is 153 Å². The third-order valence-electron chi connectivity index (χ3n) is 12.1. The Morgan fingerprint density at radius 2 is 1.08 bits per heavy atom. The molecule has 0 amide bonds. The summed E-state index contributed by atoms with van der Waals surface area (Å²) in [6.07, 6.45) is 0. The van der Waals surface area contributed by atoms with Crippen LogP contribution in [-0.2, 0) is 0 Å². The molecule has 0 spiro atoms. The van der Waals surface area contributed by atoms with Crippen LogP contribution in [0.25, 0.3) is 11.1 Å². The second kappa shape index (κ2) is 9.87. The summed E-state index contributed by atoms with van der Waals surface area (Å²) in [5, 5.41) is 8.84. The van der Waals surface area contributed by atoms with E-state index in [1.54, 1.807) is 0 Å². The molecule has 11 rings (SSSR count). The van der Waals surface area contributed by atoms with Gasteiger partial charge in [0.05, 0.1) is 0 Å². The van der Waals surface area contributed by atoms with Crippen molar-refractivity contribution in [3.63, 3.8) is 0 Å². The van der Waals surface area contributed by atoms with Gasteiger partial charge < -0.3 is 9.71 Å². The minimum Gasteiger partial charge on any atom is -0.377 e. The molecule has 0 fully saturated rings. The van der Waals surface area contributed by atoms with Crippen LogP contribution in [0.1, 0.15) is 5.56 Å². The molecule has 7 aromatic carbocycles. The van der Waals surface area contributed by atoms with Crippen LogP contribution >= 0.6 is 0 Å². The minimum absolute atomic E-state index is 0.0511. The molecule has 0 saturated carbocycles. The number of hydrogen-bond donors (Lipinski definition) is 0. The molecule has 4 aliphatic rings. The molecule has 0 unspecified atom stereocenters. The highest BCUT2D eigenvalue weighted by atomic mass is 28.3. The van der Waals surface area contributed by atoms with Gasteiger partial charge in [-0.3, -0.25) is 0 Å². The van der Waals surface area contributed by atoms with E-state index in [4.69, 9.17) is 0 Å². The van der Waals surface area contributed by atoms with Crippen molar-refractivity contribution in [1.29, 1.82) is 0 Å². The van der Waals surface area contributed by atoms with Gasteiger partial charge in [0.1, 0.15) is 8.07 Å². The Kier molecular flexibility index (Phi) is 5.62. The van der Waals surface area contributed by atoms with Crippen LogP contribution in [0, 0.1) is 6.92 Å². The Bertz CT molecular complexity index is 2520. The van der Waals surface area contributed by atoms with Gasteiger partial charge in [-0.05, 0) is 78.3 Å². The van der Waals surface area contributed by atoms with Crippen molar-refractivity contribution in [3.05, 3.63) is 163 Å². The second-order valence-electron chi connectivity index (χ2n) is 14.9. The van der Waals surface area contributed by atoms with Crippen LogP contribution in [0.4, 0.5) is 28.4 Å². The maximum Gasteiger partial charge on any atom is 0.333 e. The number of benzene rings is 7. The third kappa shape index (κ3) is 3.35. The van der Waals surface area contributed by atoms with Gasteiger partial charge in [-0.25, -0.2) is 0 Å². The summed E-state index contributed by atoms with van der Waals surface area (Å²) in [6, 6.07) is 60.8. The Labute approximate surface area is 296 Å². The summed E-state index contributed by atoms with van der Waals surface area (Å²) in [5.41, 5.74) is 13.7. The van der Waals surface area contributed by atoms with Crippen molar-refractivity contribution in [2.45, 2.75) is 20.0 Å². The first-order chi connectivity index (χ1) is 24.5. The van der Waals surface area contributed by atoms with Gasteiger partial charge in [-0.2, -0.15) is 0 Å². The number of hydrogen-bond acceptors (Lipinski definition) is 2. The number of anilines is 5. The monoisotopic (exact) mass is 670 g/mol. The van der Waals surface area contributed by atoms with Crippen molar-refractivity contribution in [2.75, 3.05) is 9.71 Å². The number of rotatable bonds is 2. The van der Waals surface area contributed by atoms with E-state index in [1.807, 2.05) is 0 Å². The Morgan fingerprint density at radius 1 is 0.480 bits per heavy atom. The van der Waals surface area contributed by atoms with Crippen LogP contribution in [-0.4, -0.2) is 23.0 Å². The maximum atomic E-state index is 2.75. The summed E-state index contributed by atoms with van der Waals surface area (Å²) >= 11 is 0. The van der Waals surface area contributed by atoms with Crippen molar-refractivity contribution in [1.82, 2.24) is 0 Å². The van der Waals surface area contributed by atoms with Gasteiger partial charge >= 0.3 is 6.85 Å². The van der Waals surface area contributed by atoms with Crippen LogP contribution in [0.15, 0.2) is 158 Å². The van der Waals surface area contributed by atoms with E-state index in [1.165, 1.54) is 87.2 Å². The van der Waals surface area contributed by atoms with E-state index in [0.29, 0.717) is 0 Å². The minimum atomic E-state index is -2.75. The first-order valence-electron chi connectivity index (χ1n) is 17.8. The van der Waals surface area contributed by atoms with E-state index >= 15 is 0 Å². The average molecular weight is 671 g/mol. The Hall–Kier alpha value is -5.36. The first kappa shape index (κ1) is 28.5. The number of fused-ring (bicyclic) bond motifs is 8. The SMILES string of the molecule is Cc1cc2c3c(c1)N1c4ccccc4[Si](c4ccccc4)(c4ccccc4)c4cccc(c41)B3N1c3ccccc3[Si](C)(C)c3cccc-2c31. The number of nitrogens with zero attached hydrogens (tertiary/aromatic N) is 2. The smallest absolute Gasteiger partial charge is 0.333 e. The van der Waals surface area contributed by atoms with Gasteiger partial charge in [0.2, 0.25) is 0 Å². The topological polar surface area (TPSA) is 6.48 Å². The normalized spacial score (nSPS) is 16.1. The standard InChI is InChI=1S/C45H35BN2Si2/c1-30-28-34-33-20-14-26-41-44(33)48(37-23-11-12-24-39(37)49(41,2)3)46-35-21-15-27-42-45(35)47(38(29-30)43(34)46)36-22-10-13-25-40(36)50(42,31-16-6-4-7-17-31)32-18-8-5-9-19-32/h4-29H,1-3H3. The lowest BCUT2D eigenvalue weighted by Crippen LogP contribution is -2.79. The first-order valence-corrected chi connectivity index (χ1v) is 22.8. The highest BCUT2D eigenvalue weighted by molar-refractivity contribution is 7.22. The fourth-order valence-electron chi connectivity index (χ4n) is 10.2. The molecule has 5 heteroatoms. The molecular weight excluding hydrogens is 635 g/mol. The molecule has 7 aromatic rings. The fraction of sp³-hybridized carbons (Fsp3) is 0.0667. The van der Waals surface area contributed by atoms with E-state index in [9.17, 15) is 0 Å². The second-order valence-corrected chi connectivity index (χ2v) is 23.0. The molecule has 0 aliphatic carbocycles. The predicted octanol–water partition coefficient (Wildman–Crippen LogP) is 5.53. The lowest BCUT2D eigenvalue weighted by molar-refractivity contribution is 1.26. The van der Waals surface area contributed by atoms with Crippen LogP contribution in [0.2, 0.25) is 13.1 Å². The van der Waals surface area contributed by atoms with Gasteiger partial charge in [0.15, 0.2) is 8.07 Å². The zero-order chi connectivity index (χ0) is 33.4. The summed E-state index contributed by atoms with van der Waals surface area (Å²) < 4.78 is 0. The van der Waals surface area contributed by atoms with Gasteiger partial charge in [-0.15, -0.1) is 0 Å². The summed E-state index contributed by atoms with van der Waals surface area (Å²) in [6.45, 7) is 7.42. The molecule has 0 N–H and O–H groups in total. The maximum absolute atomic E-state index is 2.75. The van der Waals surface area contributed by atoms with E-state index < -0.39 is 16.1 Å². The van der Waals surface area contributed by atoms with E-state index in [-0.39, 0.29) is 6.85 Å². The molecular formula is C45H35BN2Si2. The highest BCUT2D eigenvalue weighted by Crippen LogP contribution is 2.48. The molecule has 4 aliphatic heterocycles. The van der Waals surface area contributed by atoms with E-state index in [2.05, 4.69) is 187 Å². The van der Waals surface area contributed by atoms with E-state index in [0.717, 1.165) is 0 Å². The molecule has 0 radical (unpaired) electrons. The predicted molar refractivity (Wildman–Crippen MR) is 219 cm³/mol. The molecule has 4 heterocycles. The van der Waals surface area contributed by atoms with Gasteiger partial charge in [0, 0.05) is 34.0 Å². The Balaban J connectivity index is 1.33. The van der Waals surface area contributed by atoms with Crippen molar-refractivity contribution >= 4 is 93.5 Å². The summed E-state index contributed by atoms with van der Waals surface area (Å²) in [5.74, 6) is 0. The number of para-hydroxylation sites is 4. The van der Waals surface area contributed by atoms with Crippen LogP contribution in [0.5, 0.6) is 0 Å². The summed E-state index contributed by atoms with van der Waals surface area (Å²) in [4.78, 5) is 5.41. The van der Waals surface area contributed by atoms with Crippen molar-refractivity contribution < 1.29 is 0 Å². The molecule has 0 atom stereocenters. The highest BCUT2D eigenvalue weighted by Gasteiger charge is 2.55. The zero-order valence-corrected chi connectivity index (χ0v) is 30.5. The van der Waals surface area contributed by atoms with Crippen LogP contribution in [0.3, 0.4) is 0 Å². The van der Waals surface area contributed by atoms with Crippen LogP contribution < -0.4 is 51.8 Å². The molecule has 50 heavy (non-hydrogen) atoms. The zero-order valence-electron chi connectivity index (χ0n) is 28.5. The largest absolute Gasteiger partial charge is 0.377 e. The van der Waals surface area contributed by atoms with Crippen molar-refractivity contribution in [2.24, 2.45) is 0 Å².